The third-order valence-corrected chi connectivity index (χ3v) is 0.224. The maximum Gasteiger partial charge on any atom is 0.0319 e. The summed E-state index contributed by atoms with van der Waals surface area (Å²) in [6, 6.07) is 0. The van der Waals surface area contributed by atoms with Gasteiger partial charge in [0.1, 0.15) is 0 Å². The highest BCUT2D eigenvalue weighted by Crippen LogP contribution is 1.60. The molecule has 24 valence electrons. The van der Waals surface area contributed by atoms with Gasteiger partial charge in [0.15, 0.2) is 0 Å². The van der Waals surface area contributed by atoms with Gasteiger partial charge in [-0.1, -0.05) is 6.92 Å². The molecule has 0 saturated carbocycles. The van der Waals surface area contributed by atoms with Gasteiger partial charge in [0.05, 0.1) is 0 Å². The van der Waals surface area contributed by atoms with E-state index in [-0.39, 0.29) is 0 Å². The zero-order chi connectivity index (χ0) is 3.41. The highest BCUT2D eigenvalue weighted by Gasteiger charge is 1.59. The first-order chi connectivity index (χ1) is 1.91. The van der Waals surface area contributed by atoms with Crippen molar-refractivity contribution in [3.63, 3.8) is 0 Å². The van der Waals surface area contributed by atoms with E-state index in [1.54, 1.807) is 0 Å². The second-order valence-electron chi connectivity index (χ2n) is 0.724. The molecular weight excluding hydrogens is 50.0 g/mol. The summed E-state index contributed by atoms with van der Waals surface area (Å²) in [7, 11) is 0. The summed E-state index contributed by atoms with van der Waals surface area (Å²) in [5, 5.41) is 0. The van der Waals surface area contributed by atoms with Gasteiger partial charge < -0.3 is 0 Å². The minimum atomic E-state index is 0.319. The highest BCUT2D eigenvalue weighted by atomic mass is 14.5. The van der Waals surface area contributed by atoms with Gasteiger partial charge in [-0.05, 0) is 6.42 Å². The summed E-state index contributed by atoms with van der Waals surface area (Å²) in [6.07, 6.45) is 0.875. The maximum absolute atomic E-state index is 7.88. The summed E-state index contributed by atoms with van der Waals surface area (Å²) in [4.78, 5) is 0. The Kier molecular flexibility index (Phi) is 2.93. The summed E-state index contributed by atoms with van der Waals surface area (Å²) in [6.45, 7) is 2.25. The van der Waals surface area contributed by atoms with Gasteiger partial charge in [0, 0.05) is 6.54 Å². The van der Waals surface area contributed by atoms with Gasteiger partial charge in [-0.2, -0.15) is 0 Å². The zero-order valence-electron chi connectivity index (χ0n) is 2.86. The summed E-state index contributed by atoms with van der Waals surface area (Å²) < 4.78 is 0. The van der Waals surface area contributed by atoms with E-state index < -0.39 is 0 Å². The molecule has 0 unspecified atom stereocenters. The molecule has 1 heteroatoms. The Labute approximate surface area is 26.8 Å². The lowest BCUT2D eigenvalue weighted by atomic mass is 10.5. The molecule has 0 rings (SSSR count). The Hall–Kier alpha value is -0.0400. The predicted octanol–water partition coefficient (Wildman–Crippen LogP) is 0.465. The lowest BCUT2D eigenvalue weighted by Gasteiger charge is -1.65. The van der Waals surface area contributed by atoms with Crippen molar-refractivity contribution >= 4 is 0 Å². The molecule has 0 spiro atoms. The standard InChI is InChI=1S/C3H7N/c1-2-3-4/h2-3H2,1H3. The van der Waals surface area contributed by atoms with Gasteiger partial charge in [0.2, 0.25) is 0 Å². The van der Waals surface area contributed by atoms with Crippen LogP contribution in [-0.2, 0) is 0 Å². The van der Waals surface area contributed by atoms with Crippen molar-refractivity contribution in [3.8, 4) is 0 Å². The Bertz CT molecular complexity index is 5.25. The van der Waals surface area contributed by atoms with Crippen molar-refractivity contribution in [3.05, 3.63) is 0 Å². The van der Waals surface area contributed by atoms with Crippen LogP contribution in [-0.4, -0.2) is 6.54 Å². The molecule has 0 aromatic rings. The van der Waals surface area contributed by atoms with E-state index in [2.05, 4.69) is 0 Å². The Balaban J connectivity index is 1.97. The number of nitrogens with zero attached hydrogens (tertiary/aromatic N) is 1. The van der Waals surface area contributed by atoms with Crippen LogP contribution in [0.2, 0.25) is 0 Å². The predicted molar refractivity (Wildman–Crippen MR) is 17.3 cm³/mol. The second kappa shape index (κ2) is 2.96. The molecule has 0 atom stereocenters. The van der Waals surface area contributed by atoms with E-state index >= 15 is 0 Å². The molecule has 0 fully saturated rings. The van der Waals surface area contributed by atoms with Crippen LogP contribution in [0.15, 0.2) is 0 Å². The monoisotopic (exact) mass is 57.1 g/mol. The van der Waals surface area contributed by atoms with E-state index in [0.717, 1.165) is 6.42 Å². The van der Waals surface area contributed by atoms with Crippen molar-refractivity contribution in [2.45, 2.75) is 13.3 Å². The van der Waals surface area contributed by atoms with Gasteiger partial charge in [0.25, 0.3) is 0 Å². The van der Waals surface area contributed by atoms with E-state index in [0.29, 0.717) is 6.54 Å². The van der Waals surface area contributed by atoms with Crippen molar-refractivity contribution in [2.24, 2.45) is 0 Å². The molecule has 0 bridgehead atoms. The summed E-state index contributed by atoms with van der Waals surface area (Å²) >= 11 is 0. The molecule has 2 radical (unpaired) electrons. The molecule has 0 heterocycles. The SMILES string of the molecule is CCC[N]. The maximum atomic E-state index is 7.88. The van der Waals surface area contributed by atoms with E-state index in [9.17, 15) is 0 Å². The number of hydrogen-bond acceptors (Lipinski definition) is 0. The van der Waals surface area contributed by atoms with Gasteiger partial charge >= 0.3 is 0 Å². The van der Waals surface area contributed by atoms with Crippen LogP contribution in [0.4, 0.5) is 0 Å². The van der Waals surface area contributed by atoms with Crippen LogP contribution in [0.1, 0.15) is 13.3 Å². The lowest BCUT2D eigenvalue weighted by molar-refractivity contribution is 0.907. The molecule has 0 N–H and O–H groups in total. The molecule has 0 aromatic carbocycles. The van der Waals surface area contributed by atoms with Gasteiger partial charge in [-0.15, -0.1) is 5.73 Å². The van der Waals surface area contributed by atoms with Crippen LogP contribution in [0.25, 0.3) is 0 Å². The smallest absolute Gasteiger partial charge is 0.0319 e. The van der Waals surface area contributed by atoms with E-state index in [4.69, 9.17) is 5.73 Å². The van der Waals surface area contributed by atoms with Crippen LogP contribution in [0.3, 0.4) is 0 Å². The first kappa shape index (κ1) is 3.96. The highest BCUT2D eigenvalue weighted by molar-refractivity contribution is 4.18. The fourth-order valence-corrected chi connectivity index (χ4v) is 0. The van der Waals surface area contributed by atoms with Crippen molar-refractivity contribution in [2.75, 3.05) is 6.54 Å². The summed E-state index contributed by atoms with van der Waals surface area (Å²) in [5.41, 5.74) is 7.88. The minimum absolute atomic E-state index is 0.319. The Morgan fingerprint density at radius 2 is 2.00 bits per heavy atom. The average Bonchev–Trinajstić information content (AvgIpc) is 1.37. The average molecular weight is 57.1 g/mol. The molecule has 0 amide bonds. The third kappa shape index (κ3) is 1.96. The van der Waals surface area contributed by atoms with Crippen molar-refractivity contribution in [1.82, 2.24) is 5.73 Å². The van der Waals surface area contributed by atoms with Crippen molar-refractivity contribution < 1.29 is 0 Å². The largest absolute Gasteiger partial charge is 0.145 e. The fourth-order valence-electron chi connectivity index (χ4n) is 0. The van der Waals surface area contributed by atoms with Gasteiger partial charge in [-0.3, -0.25) is 0 Å². The second-order valence-corrected chi connectivity index (χ2v) is 0.724. The lowest BCUT2D eigenvalue weighted by Crippen LogP contribution is -1.74. The molecule has 0 aliphatic rings. The first-order valence-electron chi connectivity index (χ1n) is 1.52. The molecule has 4 heavy (non-hydrogen) atoms. The summed E-state index contributed by atoms with van der Waals surface area (Å²) in [5.74, 6) is 0. The van der Waals surface area contributed by atoms with Crippen LogP contribution in [0, 0.1) is 0 Å². The van der Waals surface area contributed by atoms with E-state index in [1.807, 2.05) is 6.92 Å². The Morgan fingerprint density at radius 1 is 1.75 bits per heavy atom. The first-order valence-corrected chi connectivity index (χ1v) is 1.52. The van der Waals surface area contributed by atoms with Crippen LogP contribution >= 0.6 is 0 Å². The fraction of sp³-hybridized carbons (Fsp3) is 1.00. The van der Waals surface area contributed by atoms with E-state index in [1.165, 1.54) is 0 Å². The topological polar surface area (TPSA) is 22.3 Å². The molecule has 1 nitrogen and oxygen atoms in total. The quantitative estimate of drug-likeness (QED) is 0.417. The molecular formula is C3H7N. The molecule has 0 aromatic heterocycles. The molecule has 0 aliphatic carbocycles. The van der Waals surface area contributed by atoms with Crippen molar-refractivity contribution in [1.29, 1.82) is 0 Å². The number of hydrogen-bond donors (Lipinski definition) is 0. The molecule has 0 aliphatic heterocycles. The minimum Gasteiger partial charge on any atom is -0.145 e. The van der Waals surface area contributed by atoms with Gasteiger partial charge in [-0.25, -0.2) is 0 Å². The third-order valence-electron chi connectivity index (χ3n) is 0.224. The number of rotatable bonds is 1. The van der Waals surface area contributed by atoms with Crippen LogP contribution in [0.5, 0.6) is 0 Å². The normalized spacial score (nSPS) is 7.50. The molecule has 0 saturated heterocycles. The zero-order valence-corrected chi connectivity index (χ0v) is 2.86. The van der Waals surface area contributed by atoms with Crippen LogP contribution < -0.4 is 5.73 Å². The Morgan fingerprint density at radius 3 is 2.00 bits per heavy atom.